The molecule has 2 N–H and O–H groups in total. The molecule has 2 unspecified atom stereocenters. The summed E-state index contributed by atoms with van der Waals surface area (Å²) in [5.41, 5.74) is 4.01. The van der Waals surface area contributed by atoms with E-state index in [1.165, 1.54) is 21.6 Å². The van der Waals surface area contributed by atoms with Crippen LogP contribution in [0.15, 0.2) is 34.7 Å². The Labute approximate surface area is 126 Å². The van der Waals surface area contributed by atoms with Crippen LogP contribution in [0.25, 0.3) is 0 Å². The Morgan fingerprint density at radius 3 is 2.70 bits per heavy atom. The van der Waals surface area contributed by atoms with E-state index in [4.69, 9.17) is 0 Å². The third-order valence-electron chi connectivity index (χ3n) is 3.99. The molecule has 2 nitrogen and oxygen atoms in total. The van der Waals surface area contributed by atoms with Gasteiger partial charge >= 0.3 is 0 Å². The summed E-state index contributed by atoms with van der Waals surface area (Å²) < 4.78 is 0. The molecule has 2 atom stereocenters. The van der Waals surface area contributed by atoms with Crippen LogP contribution < -0.4 is 5.32 Å². The zero-order valence-corrected chi connectivity index (χ0v) is 13.5. The lowest BCUT2D eigenvalue weighted by molar-refractivity contribution is 0.206. The van der Waals surface area contributed by atoms with Gasteiger partial charge in [0.15, 0.2) is 0 Å². The van der Waals surface area contributed by atoms with E-state index in [1.807, 2.05) is 0 Å². The number of nitrogens with one attached hydrogen (secondary N) is 1. The molecule has 0 radical (unpaired) electrons. The molecule has 2 rings (SSSR count). The fourth-order valence-electron chi connectivity index (χ4n) is 2.44. The number of hydrogen-bond acceptors (Lipinski definition) is 3. The van der Waals surface area contributed by atoms with Gasteiger partial charge in [-0.05, 0) is 30.4 Å². The highest BCUT2D eigenvalue weighted by Gasteiger charge is 2.23. The Morgan fingerprint density at radius 1 is 1.35 bits per heavy atom. The van der Waals surface area contributed by atoms with Crippen molar-refractivity contribution < 1.29 is 5.11 Å². The number of aliphatic hydroxyl groups is 1. The van der Waals surface area contributed by atoms with E-state index >= 15 is 0 Å². The van der Waals surface area contributed by atoms with Gasteiger partial charge in [-0.3, -0.25) is 0 Å². The van der Waals surface area contributed by atoms with Crippen molar-refractivity contribution >= 4 is 11.8 Å². The Balaban J connectivity index is 2.10. The number of aryl methyl sites for hydroxylation is 1. The maximum Gasteiger partial charge on any atom is 0.0972 e. The summed E-state index contributed by atoms with van der Waals surface area (Å²) in [4.78, 5) is 1.19. The van der Waals surface area contributed by atoms with Crippen LogP contribution in [0.1, 0.15) is 31.4 Å². The average Bonchev–Trinajstić information content (AvgIpc) is 2.46. The molecule has 0 aromatic heterocycles. The highest BCUT2D eigenvalue weighted by Crippen LogP contribution is 2.33. The van der Waals surface area contributed by atoms with E-state index in [-0.39, 0.29) is 6.10 Å². The Morgan fingerprint density at radius 2 is 2.05 bits per heavy atom. The second-order valence-electron chi connectivity index (χ2n) is 5.62. The normalized spacial score (nSPS) is 21.1. The quantitative estimate of drug-likeness (QED) is 0.871. The lowest BCUT2D eigenvalue weighted by atomic mass is 9.94. The topological polar surface area (TPSA) is 32.3 Å². The molecule has 0 saturated carbocycles. The highest BCUT2D eigenvalue weighted by atomic mass is 32.2. The van der Waals surface area contributed by atoms with Crippen LogP contribution in [0.2, 0.25) is 0 Å². The number of aliphatic hydroxyl groups excluding tert-OH is 1. The van der Waals surface area contributed by atoms with Gasteiger partial charge in [-0.25, -0.2) is 0 Å². The van der Waals surface area contributed by atoms with E-state index in [9.17, 15) is 5.11 Å². The van der Waals surface area contributed by atoms with Crippen LogP contribution in [0.5, 0.6) is 0 Å². The van der Waals surface area contributed by atoms with E-state index < -0.39 is 0 Å². The lowest BCUT2D eigenvalue weighted by Crippen LogP contribution is -2.37. The van der Waals surface area contributed by atoms with Crippen molar-refractivity contribution in [3.05, 3.63) is 45.9 Å². The molecule has 0 aliphatic carbocycles. The van der Waals surface area contributed by atoms with Gasteiger partial charge in [-0.2, -0.15) is 0 Å². The van der Waals surface area contributed by atoms with E-state index in [0.29, 0.717) is 12.5 Å². The molecule has 0 amide bonds. The minimum absolute atomic E-state index is 0.344. The van der Waals surface area contributed by atoms with Crippen molar-refractivity contribution in [3.8, 4) is 0 Å². The molecule has 0 saturated heterocycles. The van der Waals surface area contributed by atoms with Crippen molar-refractivity contribution in [1.29, 1.82) is 0 Å². The second kappa shape index (κ2) is 7.30. The molecule has 3 heteroatoms. The predicted octanol–water partition coefficient (Wildman–Crippen LogP) is 3.49. The monoisotopic (exact) mass is 291 g/mol. The third-order valence-corrected chi connectivity index (χ3v) is 5.32. The first-order valence-corrected chi connectivity index (χ1v) is 8.40. The van der Waals surface area contributed by atoms with Crippen LogP contribution in [0.4, 0.5) is 0 Å². The Bertz CT molecular complexity index is 466. The van der Waals surface area contributed by atoms with Crippen molar-refractivity contribution in [2.45, 2.75) is 39.0 Å². The number of thioether (sulfide) groups is 1. The maximum absolute atomic E-state index is 10.3. The van der Waals surface area contributed by atoms with Gasteiger partial charge in [0.2, 0.25) is 0 Å². The smallest absolute Gasteiger partial charge is 0.0972 e. The summed E-state index contributed by atoms with van der Waals surface area (Å²) in [7, 11) is 0. The zero-order chi connectivity index (χ0) is 14.5. The molecule has 1 aliphatic rings. The first-order chi connectivity index (χ1) is 9.61. The van der Waals surface area contributed by atoms with Gasteiger partial charge in [0.05, 0.1) is 6.10 Å². The zero-order valence-electron chi connectivity index (χ0n) is 12.6. The van der Waals surface area contributed by atoms with Gasteiger partial charge in [0.25, 0.3) is 0 Å². The van der Waals surface area contributed by atoms with E-state index in [1.54, 1.807) is 11.8 Å². The summed E-state index contributed by atoms with van der Waals surface area (Å²) in [6.07, 6.45) is 0.779. The van der Waals surface area contributed by atoms with Crippen LogP contribution in [-0.2, 0) is 5.75 Å². The number of benzene rings is 1. The molecular formula is C17H25NOS. The summed E-state index contributed by atoms with van der Waals surface area (Å²) in [5, 5.41) is 13.6. The van der Waals surface area contributed by atoms with Crippen molar-refractivity contribution in [2.24, 2.45) is 5.92 Å². The fourth-order valence-corrected chi connectivity index (χ4v) is 3.68. The molecule has 1 heterocycles. The highest BCUT2D eigenvalue weighted by molar-refractivity contribution is 8.02. The van der Waals surface area contributed by atoms with E-state index in [2.05, 4.69) is 50.4 Å². The van der Waals surface area contributed by atoms with Crippen LogP contribution in [-0.4, -0.2) is 24.3 Å². The first-order valence-electron chi connectivity index (χ1n) is 7.41. The maximum atomic E-state index is 10.3. The molecule has 0 spiro atoms. The Kier molecular flexibility index (Phi) is 5.70. The SMILES string of the molecule is CCC(C)C1=C(SCc2ccc(C)cc2)C(O)CNC1. The number of rotatable bonds is 5. The minimum Gasteiger partial charge on any atom is -0.387 e. The largest absolute Gasteiger partial charge is 0.387 e. The van der Waals surface area contributed by atoms with Gasteiger partial charge in [0.1, 0.15) is 0 Å². The molecule has 1 aromatic rings. The number of hydrogen-bond donors (Lipinski definition) is 2. The third kappa shape index (κ3) is 3.87. The lowest BCUT2D eigenvalue weighted by Gasteiger charge is -2.28. The van der Waals surface area contributed by atoms with E-state index in [0.717, 1.165) is 18.7 Å². The number of β-amino-alcohol motifs (C(OH)–C–C–N with tert-alkyl or cyclic N) is 1. The summed E-state index contributed by atoms with van der Waals surface area (Å²) in [6.45, 7) is 8.16. The summed E-state index contributed by atoms with van der Waals surface area (Å²) in [5.74, 6) is 1.48. The van der Waals surface area contributed by atoms with Crippen molar-refractivity contribution in [2.75, 3.05) is 13.1 Å². The average molecular weight is 291 g/mol. The molecule has 110 valence electrons. The molecule has 20 heavy (non-hydrogen) atoms. The summed E-state index contributed by atoms with van der Waals surface area (Å²) in [6, 6.07) is 8.66. The van der Waals surface area contributed by atoms with Crippen LogP contribution in [0, 0.1) is 12.8 Å². The van der Waals surface area contributed by atoms with Crippen molar-refractivity contribution in [1.82, 2.24) is 5.32 Å². The van der Waals surface area contributed by atoms with Crippen LogP contribution >= 0.6 is 11.8 Å². The van der Waals surface area contributed by atoms with Crippen LogP contribution in [0.3, 0.4) is 0 Å². The van der Waals surface area contributed by atoms with Gasteiger partial charge in [0, 0.05) is 23.7 Å². The molecule has 1 aromatic carbocycles. The van der Waals surface area contributed by atoms with Gasteiger partial charge < -0.3 is 10.4 Å². The summed E-state index contributed by atoms with van der Waals surface area (Å²) >= 11 is 1.81. The second-order valence-corrected chi connectivity index (χ2v) is 6.64. The van der Waals surface area contributed by atoms with Crippen molar-refractivity contribution in [3.63, 3.8) is 0 Å². The standard InChI is InChI=1S/C17H25NOS/c1-4-13(3)15-9-18-10-16(19)17(15)20-11-14-7-5-12(2)6-8-14/h5-8,13,16,18-19H,4,9-11H2,1-3H3. The van der Waals surface area contributed by atoms with Gasteiger partial charge in [-0.1, -0.05) is 43.7 Å². The van der Waals surface area contributed by atoms with Gasteiger partial charge in [-0.15, -0.1) is 11.8 Å². The molecule has 1 aliphatic heterocycles. The molecular weight excluding hydrogens is 266 g/mol. The minimum atomic E-state index is -0.344. The Hall–Kier alpha value is -0.770. The predicted molar refractivity (Wildman–Crippen MR) is 87.8 cm³/mol. The molecule has 0 bridgehead atoms. The fraction of sp³-hybridized carbons (Fsp3) is 0.529. The molecule has 0 fully saturated rings. The first kappa shape index (κ1) is 15.6.